The van der Waals surface area contributed by atoms with E-state index in [2.05, 4.69) is 26.7 Å². The molecule has 0 saturated carbocycles. The predicted octanol–water partition coefficient (Wildman–Crippen LogP) is 1.18. The number of carbonyl (C=O) groups is 1. The van der Waals surface area contributed by atoms with Crippen molar-refractivity contribution in [3.63, 3.8) is 0 Å². The van der Waals surface area contributed by atoms with E-state index in [0.29, 0.717) is 5.92 Å². The van der Waals surface area contributed by atoms with Crippen LogP contribution in [0.4, 0.5) is 0 Å². The van der Waals surface area contributed by atoms with Gasteiger partial charge in [-0.1, -0.05) is 0 Å². The average molecular weight is 350 g/mol. The molecule has 0 spiro atoms. The zero-order chi connectivity index (χ0) is 16.9. The van der Waals surface area contributed by atoms with Crippen molar-refractivity contribution in [2.45, 2.75) is 19.4 Å². The molecule has 1 N–H and O–H groups in total. The van der Waals surface area contributed by atoms with E-state index in [0.717, 1.165) is 51.6 Å². The Morgan fingerprint density at radius 2 is 2.46 bits per heavy atom. The minimum atomic E-state index is 0.130. The summed E-state index contributed by atoms with van der Waals surface area (Å²) in [6, 6.07) is 2.13. The second-order valence-electron chi connectivity index (χ2n) is 6.45. The molecular formula is C17H26N4O2S. The Labute approximate surface area is 147 Å². The van der Waals surface area contributed by atoms with Gasteiger partial charge in [0.25, 0.3) is 0 Å². The molecule has 1 aromatic heterocycles. The van der Waals surface area contributed by atoms with Crippen molar-refractivity contribution in [1.82, 2.24) is 15.1 Å². The van der Waals surface area contributed by atoms with Gasteiger partial charge in [-0.15, -0.1) is 11.3 Å². The number of nitrogens with zero attached hydrogens (tertiary/aromatic N) is 3. The highest BCUT2D eigenvalue weighted by molar-refractivity contribution is 7.10. The lowest BCUT2D eigenvalue weighted by Crippen LogP contribution is -2.47. The van der Waals surface area contributed by atoms with Crippen LogP contribution in [-0.4, -0.2) is 68.6 Å². The van der Waals surface area contributed by atoms with E-state index in [4.69, 9.17) is 4.74 Å². The summed E-state index contributed by atoms with van der Waals surface area (Å²) >= 11 is 1.79. The molecule has 24 heavy (non-hydrogen) atoms. The van der Waals surface area contributed by atoms with Gasteiger partial charge in [0.2, 0.25) is 5.91 Å². The highest BCUT2D eigenvalue weighted by Crippen LogP contribution is 2.23. The Hall–Kier alpha value is -1.60. The fraction of sp³-hybridized carbons (Fsp3) is 0.647. The summed E-state index contributed by atoms with van der Waals surface area (Å²) in [5.41, 5.74) is 1.29. The average Bonchev–Trinajstić information content (AvgIpc) is 3.25. The number of hydrogen-bond acceptors (Lipinski definition) is 4. The number of ether oxygens (including phenoxy) is 1. The third-order valence-electron chi connectivity index (χ3n) is 4.69. The predicted molar refractivity (Wildman–Crippen MR) is 96.4 cm³/mol. The normalized spacial score (nSPS) is 20.8. The molecule has 0 radical (unpaired) electrons. The summed E-state index contributed by atoms with van der Waals surface area (Å²) in [5, 5.41) is 5.32. The van der Waals surface area contributed by atoms with Crippen molar-refractivity contribution in [3.8, 4) is 0 Å². The van der Waals surface area contributed by atoms with Crippen LogP contribution in [0, 0.1) is 5.92 Å². The van der Waals surface area contributed by atoms with Gasteiger partial charge >= 0.3 is 0 Å². The number of fused-ring (bicyclic) bond motifs is 1. The van der Waals surface area contributed by atoms with Crippen molar-refractivity contribution in [1.29, 1.82) is 0 Å². The second kappa shape index (κ2) is 7.98. The van der Waals surface area contributed by atoms with Crippen LogP contribution >= 0.6 is 11.3 Å². The molecule has 1 atom stereocenters. The van der Waals surface area contributed by atoms with Crippen LogP contribution in [0.5, 0.6) is 0 Å². The number of nitrogens with one attached hydrogen (secondary N) is 1. The largest absolute Gasteiger partial charge is 0.381 e. The summed E-state index contributed by atoms with van der Waals surface area (Å²) < 4.78 is 5.42. The number of carbonyl (C=O) groups excluding carboxylic acids is 1. The summed E-state index contributed by atoms with van der Waals surface area (Å²) in [7, 11) is 3.77. The minimum Gasteiger partial charge on any atom is -0.381 e. The molecule has 2 aliphatic rings. The Bertz CT molecular complexity index is 595. The smallest absolute Gasteiger partial charge is 0.242 e. The number of aliphatic imine (C=N–C) groups is 1. The van der Waals surface area contributed by atoms with E-state index in [1.807, 2.05) is 11.9 Å². The molecule has 1 fully saturated rings. The number of hydrogen-bond donors (Lipinski definition) is 1. The zero-order valence-corrected chi connectivity index (χ0v) is 15.3. The molecule has 132 valence electrons. The highest BCUT2D eigenvalue weighted by atomic mass is 32.1. The van der Waals surface area contributed by atoms with Crippen LogP contribution in [-0.2, 0) is 22.5 Å². The van der Waals surface area contributed by atoms with Crippen molar-refractivity contribution in [2.75, 3.05) is 46.9 Å². The summed E-state index contributed by atoms with van der Waals surface area (Å²) in [6.07, 6.45) is 2.06. The zero-order valence-electron chi connectivity index (χ0n) is 14.5. The molecule has 1 unspecified atom stereocenters. The van der Waals surface area contributed by atoms with E-state index in [1.54, 1.807) is 18.4 Å². The van der Waals surface area contributed by atoms with Crippen LogP contribution in [0.3, 0.4) is 0 Å². The Balaban J connectivity index is 1.47. The molecule has 1 aromatic rings. The first-order valence-corrected chi connectivity index (χ1v) is 9.38. The van der Waals surface area contributed by atoms with Crippen LogP contribution in [0.1, 0.15) is 16.9 Å². The van der Waals surface area contributed by atoms with E-state index in [-0.39, 0.29) is 12.5 Å². The van der Waals surface area contributed by atoms with Gasteiger partial charge < -0.3 is 19.9 Å². The first-order chi connectivity index (χ1) is 11.7. The van der Waals surface area contributed by atoms with Crippen LogP contribution in [0.15, 0.2) is 16.4 Å². The number of guanidine groups is 1. The minimum absolute atomic E-state index is 0.130. The van der Waals surface area contributed by atoms with Gasteiger partial charge in [0.1, 0.15) is 0 Å². The maximum absolute atomic E-state index is 12.5. The third-order valence-corrected chi connectivity index (χ3v) is 5.71. The monoisotopic (exact) mass is 350 g/mol. The third kappa shape index (κ3) is 4.08. The quantitative estimate of drug-likeness (QED) is 0.654. The van der Waals surface area contributed by atoms with Crippen LogP contribution in [0.2, 0.25) is 0 Å². The molecule has 0 aromatic carbocycles. The lowest BCUT2D eigenvalue weighted by atomic mass is 10.1. The van der Waals surface area contributed by atoms with Gasteiger partial charge in [0.15, 0.2) is 5.96 Å². The Morgan fingerprint density at radius 3 is 3.21 bits per heavy atom. The van der Waals surface area contributed by atoms with Crippen LogP contribution in [0.25, 0.3) is 0 Å². The molecule has 1 amide bonds. The standard InChI is InChI=1S/C17H26N4O2S/c1-18-17(20(2)10-13-4-7-23-12-13)19-9-16(22)21-6-3-15-14(11-21)5-8-24-15/h5,8,13H,3-4,6-7,9-12H2,1-2H3,(H,18,19). The Kier molecular flexibility index (Phi) is 5.73. The van der Waals surface area contributed by atoms with Crippen molar-refractivity contribution in [3.05, 3.63) is 21.9 Å². The molecular weight excluding hydrogens is 324 g/mol. The van der Waals surface area contributed by atoms with E-state index in [9.17, 15) is 4.79 Å². The fourth-order valence-electron chi connectivity index (χ4n) is 3.31. The summed E-state index contributed by atoms with van der Waals surface area (Å²) in [5.74, 6) is 1.44. The Morgan fingerprint density at radius 1 is 1.58 bits per heavy atom. The maximum atomic E-state index is 12.5. The topological polar surface area (TPSA) is 57.2 Å². The SMILES string of the molecule is CN=C(NCC(=O)N1CCc2sccc2C1)N(C)CC1CCOC1. The van der Waals surface area contributed by atoms with E-state index < -0.39 is 0 Å². The lowest BCUT2D eigenvalue weighted by molar-refractivity contribution is -0.130. The van der Waals surface area contributed by atoms with Crippen molar-refractivity contribution < 1.29 is 9.53 Å². The van der Waals surface area contributed by atoms with Gasteiger partial charge in [-0.25, -0.2) is 0 Å². The fourth-order valence-corrected chi connectivity index (χ4v) is 4.20. The van der Waals surface area contributed by atoms with Gasteiger partial charge in [-0.05, 0) is 29.9 Å². The molecule has 2 aliphatic heterocycles. The number of amides is 1. The van der Waals surface area contributed by atoms with Crippen molar-refractivity contribution in [2.24, 2.45) is 10.9 Å². The number of thiophene rings is 1. The molecule has 1 saturated heterocycles. The van der Waals surface area contributed by atoms with E-state index in [1.165, 1.54) is 10.4 Å². The van der Waals surface area contributed by atoms with Gasteiger partial charge in [-0.3, -0.25) is 9.79 Å². The molecule has 3 heterocycles. The molecule has 0 aliphatic carbocycles. The lowest BCUT2D eigenvalue weighted by Gasteiger charge is -2.28. The van der Waals surface area contributed by atoms with Gasteiger partial charge in [0.05, 0.1) is 13.2 Å². The summed E-state index contributed by atoms with van der Waals surface area (Å²) in [4.78, 5) is 22.2. The van der Waals surface area contributed by atoms with Crippen LogP contribution < -0.4 is 5.32 Å². The molecule has 6 nitrogen and oxygen atoms in total. The second-order valence-corrected chi connectivity index (χ2v) is 7.45. The van der Waals surface area contributed by atoms with Gasteiger partial charge in [-0.2, -0.15) is 0 Å². The van der Waals surface area contributed by atoms with Crippen molar-refractivity contribution >= 4 is 23.2 Å². The first-order valence-electron chi connectivity index (χ1n) is 8.50. The summed E-state index contributed by atoms with van der Waals surface area (Å²) in [6.45, 7) is 4.39. The first kappa shape index (κ1) is 17.2. The maximum Gasteiger partial charge on any atom is 0.242 e. The number of rotatable bonds is 4. The highest BCUT2D eigenvalue weighted by Gasteiger charge is 2.23. The molecule has 3 rings (SSSR count). The molecule has 0 bridgehead atoms. The molecule has 7 heteroatoms. The van der Waals surface area contributed by atoms with Gasteiger partial charge in [0, 0.05) is 51.1 Å². The van der Waals surface area contributed by atoms with E-state index >= 15 is 0 Å².